The molecule has 0 aliphatic heterocycles. The van der Waals surface area contributed by atoms with E-state index in [1.807, 2.05) is 30.3 Å². The maximum Gasteiger partial charge on any atom is 0.241 e. The Hall–Kier alpha value is -2.75. The summed E-state index contributed by atoms with van der Waals surface area (Å²) in [6.45, 7) is 2.60. The molecule has 0 spiro atoms. The van der Waals surface area contributed by atoms with E-state index in [1.54, 1.807) is 26.2 Å². The van der Waals surface area contributed by atoms with Crippen LogP contribution in [0.25, 0.3) is 0 Å². The molecule has 0 radical (unpaired) electrons. The van der Waals surface area contributed by atoms with E-state index < -0.39 is 16.1 Å². The molecule has 2 aromatic carbocycles. The molecule has 0 bridgehead atoms. The molecule has 0 saturated carbocycles. The van der Waals surface area contributed by atoms with Crippen LogP contribution in [0.3, 0.4) is 0 Å². The van der Waals surface area contributed by atoms with Gasteiger partial charge in [-0.15, -0.1) is 0 Å². The SMILES string of the molecule is COCCOc1ccc(S(=O)(=O)NC(c2ccccc2)c2n[nH]c(C)n2)cc1. The second-order valence-electron chi connectivity index (χ2n) is 6.06. The van der Waals surface area contributed by atoms with Crippen LogP contribution in [0.2, 0.25) is 0 Å². The van der Waals surface area contributed by atoms with Crippen molar-refractivity contribution < 1.29 is 17.9 Å². The Kier molecular flexibility index (Phi) is 6.40. The van der Waals surface area contributed by atoms with Gasteiger partial charge in [0.2, 0.25) is 10.0 Å². The number of aromatic nitrogens is 3. The zero-order chi connectivity index (χ0) is 20.0. The first kappa shape index (κ1) is 20.0. The molecular weight excluding hydrogens is 380 g/mol. The van der Waals surface area contributed by atoms with Crippen molar-refractivity contribution in [3.63, 3.8) is 0 Å². The highest BCUT2D eigenvalue weighted by Gasteiger charge is 2.25. The number of hydrogen-bond donors (Lipinski definition) is 2. The van der Waals surface area contributed by atoms with Crippen LogP contribution >= 0.6 is 0 Å². The van der Waals surface area contributed by atoms with Crippen LogP contribution in [0.5, 0.6) is 5.75 Å². The van der Waals surface area contributed by atoms with E-state index in [0.29, 0.717) is 30.6 Å². The van der Waals surface area contributed by atoms with Crippen molar-refractivity contribution in [2.75, 3.05) is 20.3 Å². The molecule has 2 N–H and O–H groups in total. The van der Waals surface area contributed by atoms with Gasteiger partial charge >= 0.3 is 0 Å². The molecule has 1 atom stereocenters. The number of rotatable bonds is 9. The number of nitrogens with zero attached hydrogens (tertiary/aromatic N) is 2. The fraction of sp³-hybridized carbons (Fsp3) is 0.263. The number of hydrogen-bond acceptors (Lipinski definition) is 6. The van der Waals surface area contributed by atoms with Crippen LogP contribution in [0.15, 0.2) is 59.5 Å². The number of benzene rings is 2. The Labute approximate surface area is 164 Å². The van der Waals surface area contributed by atoms with Crippen molar-refractivity contribution in [1.82, 2.24) is 19.9 Å². The summed E-state index contributed by atoms with van der Waals surface area (Å²) in [6, 6.07) is 14.7. The topological polar surface area (TPSA) is 106 Å². The average Bonchev–Trinajstić information content (AvgIpc) is 3.13. The van der Waals surface area contributed by atoms with E-state index in [-0.39, 0.29) is 4.90 Å². The highest BCUT2D eigenvalue weighted by Crippen LogP contribution is 2.23. The molecule has 148 valence electrons. The third kappa shape index (κ3) is 4.94. The first-order valence-corrected chi connectivity index (χ1v) is 10.2. The number of methoxy groups -OCH3 is 1. The van der Waals surface area contributed by atoms with E-state index >= 15 is 0 Å². The van der Waals surface area contributed by atoms with Crippen molar-refractivity contribution in [1.29, 1.82) is 0 Å². The molecule has 3 rings (SSSR count). The molecule has 28 heavy (non-hydrogen) atoms. The Bertz CT molecular complexity index is 988. The van der Waals surface area contributed by atoms with Gasteiger partial charge in [-0.25, -0.2) is 13.4 Å². The molecule has 1 unspecified atom stereocenters. The van der Waals surface area contributed by atoms with Crippen molar-refractivity contribution in [2.24, 2.45) is 0 Å². The van der Waals surface area contributed by atoms with Gasteiger partial charge in [0.25, 0.3) is 0 Å². The van der Waals surface area contributed by atoms with Gasteiger partial charge in [0.15, 0.2) is 5.82 Å². The zero-order valence-electron chi connectivity index (χ0n) is 15.6. The summed E-state index contributed by atoms with van der Waals surface area (Å²) >= 11 is 0. The Balaban J connectivity index is 1.83. The van der Waals surface area contributed by atoms with Gasteiger partial charge in [-0.05, 0) is 36.8 Å². The minimum absolute atomic E-state index is 0.125. The van der Waals surface area contributed by atoms with Crippen molar-refractivity contribution in [3.8, 4) is 5.75 Å². The van der Waals surface area contributed by atoms with Crippen molar-refractivity contribution in [3.05, 3.63) is 71.8 Å². The molecule has 1 heterocycles. The largest absolute Gasteiger partial charge is 0.491 e. The van der Waals surface area contributed by atoms with E-state index in [1.165, 1.54) is 12.1 Å². The lowest BCUT2D eigenvalue weighted by Crippen LogP contribution is -2.30. The first-order valence-electron chi connectivity index (χ1n) is 8.67. The number of sulfonamides is 1. The second-order valence-corrected chi connectivity index (χ2v) is 7.77. The van der Waals surface area contributed by atoms with Gasteiger partial charge in [-0.3, -0.25) is 5.10 Å². The quantitative estimate of drug-likeness (QED) is 0.532. The zero-order valence-corrected chi connectivity index (χ0v) is 16.4. The van der Waals surface area contributed by atoms with Gasteiger partial charge in [-0.2, -0.15) is 9.82 Å². The second kappa shape index (κ2) is 8.96. The monoisotopic (exact) mass is 402 g/mol. The summed E-state index contributed by atoms with van der Waals surface area (Å²) in [5.74, 6) is 1.53. The van der Waals surface area contributed by atoms with E-state index in [4.69, 9.17) is 9.47 Å². The smallest absolute Gasteiger partial charge is 0.241 e. The number of nitrogens with one attached hydrogen (secondary N) is 2. The highest BCUT2D eigenvalue weighted by atomic mass is 32.2. The van der Waals surface area contributed by atoms with Gasteiger partial charge in [0.1, 0.15) is 24.2 Å². The van der Waals surface area contributed by atoms with Crippen LogP contribution in [0, 0.1) is 6.92 Å². The maximum atomic E-state index is 12.9. The molecule has 9 heteroatoms. The summed E-state index contributed by atoms with van der Waals surface area (Å²) in [7, 11) is -2.23. The van der Waals surface area contributed by atoms with E-state index in [0.717, 1.165) is 5.56 Å². The standard InChI is InChI=1S/C19H22N4O4S/c1-14-20-19(22-21-14)18(15-6-4-3-5-7-15)23-28(24,25)17-10-8-16(9-11-17)27-13-12-26-2/h3-11,18,23H,12-13H2,1-2H3,(H,20,21,22). The fourth-order valence-corrected chi connectivity index (χ4v) is 3.77. The lowest BCUT2D eigenvalue weighted by atomic mass is 10.1. The summed E-state index contributed by atoms with van der Waals surface area (Å²) < 4.78 is 39.0. The minimum atomic E-state index is -3.81. The first-order chi connectivity index (χ1) is 13.5. The highest BCUT2D eigenvalue weighted by molar-refractivity contribution is 7.89. The fourth-order valence-electron chi connectivity index (χ4n) is 2.59. The van der Waals surface area contributed by atoms with Crippen LogP contribution in [0.4, 0.5) is 0 Å². The lowest BCUT2D eigenvalue weighted by Gasteiger charge is -2.17. The number of H-pyrrole nitrogens is 1. The number of aromatic amines is 1. The summed E-state index contributed by atoms with van der Waals surface area (Å²) in [4.78, 5) is 4.42. The third-order valence-electron chi connectivity index (χ3n) is 3.97. The van der Waals surface area contributed by atoms with Gasteiger partial charge < -0.3 is 9.47 Å². The number of aryl methyl sites for hydroxylation is 1. The van der Waals surface area contributed by atoms with E-state index in [2.05, 4.69) is 19.9 Å². The summed E-state index contributed by atoms with van der Waals surface area (Å²) in [5, 5.41) is 6.88. The maximum absolute atomic E-state index is 12.9. The predicted octanol–water partition coefficient (Wildman–Crippen LogP) is 2.21. The predicted molar refractivity (Wildman–Crippen MR) is 104 cm³/mol. The minimum Gasteiger partial charge on any atom is -0.491 e. The Morgan fingerprint density at radius 3 is 2.39 bits per heavy atom. The Morgan fingerprint density at radius 2 is 1.79 bits per heavy atom. The summed E-state index contributed by atoms with van der Waals surface area (Å²) in [6.07, 6.45) is 0. The normalized spacial score (nSPS) is 12.6. The lowest BCUT2D eigenvalue weighted by molar-refractivity contribution is 0.146. The average molecular weight is 402 g/mol. The molecule has 8 nitrogen and oxygen atoms in total. The van der Waals surface area contributed by atoms with Crippen molar-refractivity contribution >= 4 is 10.0 Å². The van der Waals surface area contributed by atoms with Crippen LogP contribution in [-0.2, 0) is 14.8 Å². The van der Waals surface area contributed by atoms with E-state index in [9.17, 15) is 8.42 Å². The van der Waals surface area contributed by atoms with Crippen LogP contribution < -0.4 is 9.46 Å². The molecule has 3 aromatic rings. The third-order valence-corrected chi connectivity index (χ3v) is 5.41. The number of ether oxygens (including phenoxy) is 2. The molecule has 0 amide bonds. The van der Waals surface area contributed by atoms with Crippen LogP contribution in [0.1, 0.15) is 23.3 Å². The van der Waals surface area contributed by atoms with Gasteiger partial charge in [-0.1, -0.05) is 30.3 Å². The van der Waals surface area contributed by atoms with Gasteiger partial charge in [0, 0.05) is 7.11 Å². The molecule has 0 saturated heterocycles. The van der Waals surface area contributed by atoms with Crippen LogP contribution in [-0.4, -0.2) is 43.9 Å². The molecule has 0 fully saturated rings. The molecule has 0 aliphatic rings. The molecule has 0 aliphatic carbocycles. The molecule has 1 aromatic heterocycles. The molecular formula is C19H22N4O4S. The Morgan fingerprint density at radius 1 is 1.07 bits per heavy atom. The van der Waals surface area contributed by atoms with Crippen molar-refractivity contribution in [2.45, 2.75) is 17.9 Å². The summed E-state index contributed by atoms with van der Waals surface area (Å²) in [5.41, 5.74) is 0.740. The van der Waals surface area contributed by atoms with Gasteiger partial charge in [0.05, 0.1) is 11.5 Å².